The van der Waals surface area contributed by atoms with E-state index in [-0.39, 0.29) is 11.5 Å². The molecule has 0 aliphatic rings. The number of nitrogens with zero attached hydrogens (tertiary/aromatic N) is 1. The summed E-state index contributed by atoms with van der Waals surface area (Å²) in [5.41, 5.74) is 0.740. The van der Waals surface area contributed by atoms with Crippen LogP contribution >= 0.6 is 15.9 Å². The average Bonchev–Trinajstić information content (AvgIpc) is 2.53. The van der Waals surface area contributed by atoms with E-state index < -0.39 is 0 Å². The third kappa shape index (κ3) is 5.61. The van der Waals surface area contributed by atoms with Gasteiger partial charge in [-0.25, -0.2) is 0 Å². The summed E-state index contributed by atoms with van der Waals surface area (Å²) in [4.78, 5) is 11.9. The Balaban J connectivity index is 3.18. The molecule has 0 aliphatic carbocycles. The summed E-state index contributed by atoms with van der Waals surface area (Å²) < 4.78 is 11.9. The highest BCUT2D eigenvalue weighted by molar-refractivity contribution is 9.10. The first kappa shape index (κ1) is 19.0. The van der Waals surface area contributed by atoms with E-state index in [9.17, 15) is 10.1 Å². The molecule has 0 bridgehead atoms. The van der Waals surface area contributed by atoms with Crippen molar-refractivity contribution in [3.8, 4) is 17.6 Å². The molecule has 0 fully saturated rings. The molecular weight excluding hydrogens is 360 g/mol. The van der Waals surface area contributed by atoms with Crippen LogP contribution in [0.25, 0.3) is 6.08 Å². The number of carbonyl (C=O) groups is 1. The highest BCUT2D eigenvalue weighted by Gasteiger charge is 2.13. The molecule has 1 rings (SSSR count). The van der Waals surface area contributed by atoms with E-state index in [0.29, 0.717) is 41.3 Å². The molecule has 0 aliphatic heterocycles. The Morgan fingerprint density at radius 1 is 1.30 bits per heavy atom. The van der Waals surface area contributed by atoms with Crippen molar-refractivity contribution in [1.82, 2.24) is 5.32 Å². The van der Waals surface area contributed by atoms with Crippen molar-refractivity contribution in [2.24, 2.45) is 0 Å². The SMILES string of the molecule is CCCNC(=O)/C(C#N)=C/c1cc(Br)c(OCC)c(OCC)c1. The van der Waals surface area contributed by atoms with Crippen molar-refractivity contribution in [2.75, 3.05) is 19.8 Å². The molecule has 1 amide bonds. The number of carbonyl (C=O) groups excluding carboxylic acids is 1. The third-order valence-electron chi connectivity index (χ3n) is 2.83. The Kier molecular flexibility index (Phi) is 8.20. The van der Waals surface area contributed by atoms with Gasteiger partial charge in [-0.05, 0) is 60.0 Å². The number of nitriles is 1. The van der Waals surface area contributed by atoms with Gasteiger partial charge in [-0.2, -0.15) is 5.26 Å². The molecule has 1 aromatic rings. The lowest BCUT2D eigenvalue weighted by Crippen LogP contribution is -2.25. The summed E-state index contributed by atoms with van der Waals surface area (Å²) in [5.74, 6) is 0.805. The zero-order valence-electron chi connectivity index (χ0n) is 13.6. The molecule has 23 heavy (non-hydrogen) atoms. The van der Waals surface area contributed by atoms with Crippen molar-refractivity contribution in [2.45, 2.75) is 27.2 Å². The van der Waals surface area contributed by atoms with Gasteiger partial charge in [-0.3, -0.25) is 4.79 Å². The van der Waals surface area contributed by atoms with Crippen molar-refractivity contribution in [1.29, 1.82) is 5.26 Å². The van der Waals surface area contributed by atoms with Gasteiger partial charge in [-0.1, -0.05) is 6.92 Å². The van der Waals surface area contributed by atoms with E-state index in [0.717, 1.165) is 6.42 Å². The molecule has 0 saturated carbocycles. The van der Waals surface area contributed by atoms with Gasteiger partial charge < -0.3 is 14.8 Å². The van der Waals surface area contributed by atoms with E-state index in [1.807, 2.05) is 26.8 Å². The van der Waals surface area contributed by atoms with Gasteiger partial charge >= 0.3 is 0 Å². The van der Waals surface area contributed by atoms with Crippen LogP contribution in [0.4, 0.5) is 0 Å². The lowest BCUT2D eigenvalue weighted by atomic mass is 10.1. The summed E-state index contributed by atoms with van der Waals surface area (Å²) in [6.45, 7) is 7.26. The van der Waals surface area contributed by atoms with E-state index >= 15 is 0 Å². The zero-order chi connectivity index (χ0) is 17.2. The van der Waals surface area contributed by atoms with Crippen LogP contribution in [0, 0.1) is 11.3 Å². The Morgan fingerprint density at radius 3 is 2.57 bits per heavy atom. The largest absolute Gasteiger partial charge is 0.490 e. The van der Waals surface area contributed by atoms with E-state index in [4.69, 9.17) is 9.47 Å². The van der Waals surface area contributed by atoms with Crippen LogP contribution in [0.5, 0.6) is 11.5 Å². The summed E-state index contributed by atoms with van der Waals surface area (Å²) in [5, 5.41) is 11.9. The van der Waals surface area contributed by atoms with Crippen LogP contribution in [-0.4, -0.2) is 25.7 Å². The fourth-order valence-electron chi connectivity index (χ4n) is 1.87. The normalized spacial score (nSPS) is 10.8. The maximum atomic E-state index is 11.9. The lowest BCUT2D eigenvalue weighted by molar-refractivity contribution is -0.117. The summed E-state index contributed by atoms with van der Waals surface area (Å²) in [7, 11) is 0. The standard InChI is InChI=1S/C17H21BrN2O3/c1-4-7-20-17(21)13(11-19)8-12-9-14(18)16(23-6-3)15(10-12)22-5-2/h8-10H,4-7H2,1-3H3,(H,20,21)/b13-8+. The van der Waals surface area contributed by atoms with Gasteiger partial charge in [0, 0.05) is 6.54 Å². The Bertz CT molecular complexity index is 621. The number of benzene rings is 1. The Morgan fingerprint density at radius 2 is 2.00 bits per heavy atom. The Hall–Kier alpha value is -2.00. The van der Waals surface area contributed by atoms with Crippen molar-refractivity contribution < 1.29 is 14.3 Å². The number of amides is 1. The summed E-state index contributed by atoms with van der Waals surface area (Å²) in [6.07, 6.45) is 2.35. The van der Waals surface area contributed by atoms with Crippen molar-refractivity contribution in [3.05, 3.63) is 27.7 Å². The molecule has 0 saturated heterocycles. The quantitative estimate of drug-likeness (QED) is 0.551. The Labute approximate surface area is 145 Å². The van der Waals surface area contributed by atoms with Crippen molar-refractivity contribution in [3.63, 3.8) is 0 Å². The smallest absolute Gasteiger partial charge is 0.261 e. The maximum absolute atomic E-state index is 11.9. The molecule has 0 spiro atoms. The monoisotopic (exact) mass is 380 g/mol. The molecule has 0 radical (unpaired) electrons. The van der Waals surface area contributed by atoms with Crippen LogP contribution < -0.4 is 14.8 Å². The van der Waals surface area contributed by atoms with Crippen LogP contribution in [0.2, 0.25) is 0 Å². The molecular formula is C17H21BrN2O3. The predicted octanol–water partition coefficient (Wildman–Crippen LogP) is 3.68. The summed E-state index contributed by atoms with van der Waals surface area (Å²) in [6, 6.07) is 5.47. The molecule has 124 valence electrons. The minimum absolute atomic E-state index is 0.0527. The summed E-state index contributed by atoms with van der Waals surface area (Å²) >= 11 is 3.44. The topological polar surface area (TPSA) is 71.4 Å². The number of halogens is 1. The molecule has 0 heterocycles. The molecule has 0 unspecified atom stereocenters. The van der Waals surface area contributed by atoms with Crippen LogP contribution in [0.1, 0.15) is 32.8 Å². The first-order valence-electron chi connectivity index (χ1n) is 7.56. The highest BCUT2D eigenvalue weighted by atomic mass is 79.9. The fourth-order valence-corrected chi connectivity index (χ4v) is 2.44. The molecule has 5 nitrogen and oxygen atoms in total. The highest BCUT2D eigenvalue weighted by Crippen LogP contribution is 2.37. The third-order valence-corrected chi connectivity index (χ3v) is 3.42. The fraction of sp³-hybridized carbons (Fsp3) is 0.412. The lowest BCUT2D eigenvalue weighted by Gasteiger charge is -2.13. The number of hydrogen-bond donors (Lipinski definition) is 1. The van der Waals surface area contributed by atoms with Crippen molar-refractivity contribution >= 4 is 27.9 Å². The molecule has 0 aromatic heterocycles. The molecule has 0 atom stereocenters. The average molecular weight is 381 g/mol. The first-order chi connectivity index (χ1) is 11.1. The second-order valence-electron chi connectivity index (χ2n) is 4.62. The second kappa shape index (κ2) is 9.90. The van der Waals surface area contributed by atoms with E-state index in [1.54, 1.807) is 12.1 Å². The van der Waals surface area contributed by atoms with Gasteiger partial charge in [0.1, 0.15) is 11.6 Å². The zero-order valence-corrected chi connectivity index (χ0v) is 15.2. The number of rotatable bonds is 8. The number of hydrogen-bond acceptors (Lipinski definition) is 4. The van der Waals surface area contributed by atoms with E-state index in [2.05, 4.69) is 21.2 Å². The van der Waals surface area contributed by atoms with Crippen LogP contribution in [0.15, 0.2) is 22.2 Å². The van der Waals surface area contributed by atoms with Gasteiger partial charge in [0.25, 0.3) is 5.91 Å². The minimum Gasteiger partial charge on any atom is -0.490 e. The van der Waals surface area contributed by atoms with Crippen LogP contribution in [-0.2, 0) is 4.79 Å². The van der Waals surface area contributed by atoms with Gasteiger partial charge in [0.15, 0.2) is 11.5 Å². The number of ether oxygens (including phenoxy) is 2. The number of nitrogens with one attached hydrogen (secondary N) is 1. The minimum atomic E-state index is -0.377. The molecule has 1 aromatic carbocycles. The van der Waals surface area contributed by atoms with Crippen LogP contribution in [0.3, 0.4) is 0 Å². The molecule has 1 N–H and O–H groups in total. The first-order valence-corrected chi connectivity index (χ1v) is 8.35. The van der Waals surface area contributed by atoms with Gasteiger partial charge in [-0.15, -0.1) is 0 Å². The molecule has 6 heteroatoms. The second-order valence-corrected chi connectivity index (χ2v) is 5.48. The predicted molar refractivity (Wildman–Crippen MR) is 93.4 cm³/mol. The maximum Gasteiger partial charge on any atom is 0.261 e. The van der Waals surface area contributed by atoms with Gasteiger partial charge in [0.2, 0.25) is 0 Å². The van der Waals surface area contributed by atoms with Gasteiger partial charge in [0.05, 0.1) is 17.7 Å². The van der Waals surface area contributed by atoms with E-state index in [1.165, 1.54) is 6.08 Å².